The normalized spacial score (nSPS) is 22.5. The summed E-state index contributed by atoms with van der Waals surface area (Å²) in [5.74, 6) is -0.0925. The van der Waals surface area contributed by atoms with Crippen molar-refractivity contribution in [1.82, 2.24) is 20.4 Å². The lowest BCUT2D eigenvalue weighted by Gasteiger charge is -2.30. The molecule has 2 saturated heterocycles. The van der Waals surface area contributed by atoms with Gasteiger partial charge in [0.25, 0.3) is 0 Å². The first kappa shape index (κ1) is 23.5. The van der Waals surface area contributed by atoms with E-state index < -0.39 is 11.7 Å². The number of halogens is 3. The zero-order chi connectivity index (χ0) is 23.4. The number of carbonyl (C=O) groups excluding carboxylic acids is 1. The summed E-state index contributed by atoms with van der Waals surface area (Å²) in [6.07, 6.45) is -1.06. The van der Waals surface area contributed by atoms with Crippen LogP contribution >= 0.6 is 0 Å². The molecule has 3 N–H and O–H groups in total. The molecule has 0 spiro atoms. The maximum absolute atomic E-state index is 13.0. The van der Waals surface area contributed by atoms with Crippen molar-refractivity contribution in [2.24, 2.45) is 0 Å². The maximum atomic E-state index is 13.0. The minimum atomic E-state index is -4.46. The second kappa shape index (κ2) is 10.1. The summed E-state index contributed by atoms with van der Waals surface area (Å²) >= 11 is 0. The lowest BCUT2D eigenvalue weighted by Crippen LogP contribution is -2.46. The van der Waals surface area contributed by atoms with Crippen LogP contribution in [0, 0.1) is 0 Å². The summed E-state index contributed by atoms with van der Waals surface area (Å²) in [6, 6.07) is 3.52. The molecule has 11 heteroatoms. The van der Waals surface area contributed by atoms with Crippen molar-refractivity contribution in [3.63, 3.8) is 0 Å². The summed E-state index contributed by atoms with van der Waals surface area (Å²) in [5, 5.41) is 12.8. The average molecular weight is 467 g/mol. The monoisotopic (exact) mass is 467 g/mol. The summed E-state index contributed by atoms with van der Waals surface area (Å²) in [6.45, 7) is 6.78. The SMILES string of the molecule is C=CCO[C@H]1CN(C2CCOCC2)C[C@@H]1NC(=O)CNc1n[nH]c2ccc(C(F)(F)F)cc12. The number of amides is 1. The Hall–Kier alpha value is -2.63. The predicted octanol–water partition coefficient (Wildman–Crippen LogP) is 2.54. The van der Waals surface area contributed by atoms with E-state index in [9.17, 15) is 18.0 Å². The number of carbonyl (C=O) groups is 1. The molecule has 1 amide bonds. The number of H-pyrrole nitrogens is 1. The molecule has 3 heterocycles. The van der Waals surface area contributed by atoms with Crippen LogP contribution in [-0.2, 0) is 20.4 Å². The van der Waals surface area contributed by atoms with E-state index >= 15 is 0 Å². The minimum absolute atomic E-state index is 0.127. The van der Waals surface area contributed by atoms with Crippen molar-refractivity contribution in [2.75, 3.05) is 44.8 Å². The molecule has 0 aliphatic carbocycles. The largest absolute Gasteiger partial charge is 0.416 e. The fourth-order valence-corrected chi connectivity index (χ4v) is 4.40. The molecule has 0 saturated carbocycles. The number of likely N-dealkylation sites (tertiary alicyclic amines) is 1. The zero-order valence-corrected chi connectivity index (χ0v) is 18.2. The molecule has 2 fully saturated rings. The molecule has 2 atom stereocenters. The summed E-state index contributed by atoms with van der Waals surface area (Å²) in [4.78, 5) is 15.0. The van der Waals surface area contributed by atoms with Crippen molar-refractivity contribution in [1.29, 1.82) is 0 Å². The van der Waals surface area contributed by atoms with Gasteiger partial charge in [0.2, 0.25) is 5.91 Å². The Morgan fingerprint density at radius 3 is 2.85 bits per heavy atom. The molecular formula is C22H28F3N5O3. The van der Waals surface area contributed by atoms with E-state index in [0.717, 1.165) is 38.2 Å². The molecule has 0 unspecified atom stereocenters. The van der Waals surface area contributed by atoms with Crippen molar-refractivity contribution in [3.05, 3.63) is 36.4 Å². The Balaban J connectivity index is 1.37. The quantitative estimate of drug-likeness (QED) is 0.517. The van der Waals surface area contributed by atoms with Crippen LogP contribution in [0.2, 0.25) is 0 Å². The lowest BCUT2D eigenvalue weighted by molar-refractivity contribution is -0.137. The molecule has 2 aromatic rings. The number of nitrogens with one attached hydrogen (secondary N) is 3. The number of aromatic amines is 1. The molecule has 0 radical (unpaired) electrons. The lowest BCUT2D eigenvalue weighted by atomic mass is 10.1. The fraction of sp³-hybridized carbons (Fsp3) is 0.545. The number of hydrogen-bond donors (Lipinski definition) is 3. The van der Waals surface area contributed by atoms with Gasteiger partial charge in [-0.05, 0) is 31.0 Å². The van der Waals surface area contributed by atoms with Gasteiger partial charge >= 0.3 is 6.18 Å². The van der Waals surface area contributed by atoms with Gasteiger partial charge in [0, 0.05) is 37.7 Å². The van der Waals surface area contributed by atoms with Gasteiger partial charge in [-0.3, -0.25) is 14.8 Å². The Labute approximate surface area is 189 Å². The molecular weight excluding hydrogens is 439 g/mol. The van der Waals surface area contributed by atoms with Crippen molar-refractivity contribution in [2.45, 2.75) is 37.2 Å². The predicted molar refractivity (Wildman–Crippen MR) is 117 cm³/mol. The summed E-state index contributed by atoms with van der Waals surface area (Å²) in [7, 11) is 0. The van der Waals surface area contributed by atoms with Gasteiger partial charge < -0.3 is 20.1 Å². The molecule has 2 aliphatic rings. The van der Waals surface area contributed by atoms with Gasteiger partial charge in [-0.25, -0.2) is 0 Å². The Kier molecular flexibility index (Phi) is 7.20. The number of alkyl halides is 3. The number of fused-ring (bicyclic) bond motifs is 1. The Bertz CT molecular complexity index is 974. The first-order chi connectivity index (χ1) is 15.8. The second-order valence-corrected chi connectivity index (χ2v) is 8.32. The third-order valence-corrected chi connectivity index (χ3v) is 6.08. The van der Waals surface area contributed by atoms with Crippen molar-refractivity contribution in [3.8, 4) is 0 Å². The van der Waals surface area contributed by atoms with Crippen LogP contribution in [-0.4, -0.2) is 78.6 Å². The van der Waals surface area contributed by atoms with Crippen LogP contribution in [0.15, 0.2) is 30.9 Å². The molecule has 1 aromatic heterocycles. The Morgan fingerprint density at radius 2 is 2.12 bits per heavy atom. The summed E-state index contributed by atoms with van der Waals surface area (Å²) < 4.78 is 50.5. The van der Waals surface area contributed by atoms with Crippen LogP contribution in [0.5, 0.6) is 0 Å². The first-order valence-electron chi connectivity index (χ1n) is 11.0. The van der Waals surface area contributed by atoms with Crippen molar-refractivity contribution < 1.29 is 27.4 Å². The standard InChI is InChI=1S/C22H28F3N5O3/c1-2-7-33-19-13-30(15-5-8-32-9-6-15)12-18(19)27-20(31)11-26-21-16-10-14(22(23,24)25)3-4-17(16)28-29-21/h2-4,10,15,18-19H,1,5-9,11-13H2,(H,27,31)(H2,26,28,29)/t18-,19-/m0/s1. The fourth-order valence-electron chi connectivity index (χ4n) is 4.40. The number of ether oxygens (including phenoxy) is 2. The highest BCUT2D eigenvalue weighted by Gasteiger charge is 2.38. The van der Waals surface area contributed by atoms with E-state index in [0.29, 0.717) is 31.3 Å². The van der Waals surface area contributed by atoms with E-state index in [1.54, 1.807) is 6.08 Å². The van der Waals surface area contributed by atoms with Gasteiger partial charge in [0.1, 0.15) is 0 Å². The van der Waals surface area contributed by atoms with Gasteiger partial charge in [-0.1, -0.05) is 6.08 Å². The van der Waals surface area contributed by atoms with E-state index in [1.165, 1.54) is 6.07 Å². The number of anilines is 1. The van der Waals surface area contributed by atoms with Crippen LogP contribution < -0.4 is 10.6 Å². The maximum Gasteiger partial charge on any atom is 0.416 e. The molecule has 4 rings (SSSR count). The van der Waals surface area contributed by atoms with Gasteiger partial charge in [-0.15, -0.1) is 6.58 Å². The van der Waals surface area contributed by atoms with E-state index in [4.69, 9.17) is 9.47 Å². The van der Waals surface area contributed by atoms with Gasteiger partial charge in [0.15, 0.2) is 5.82 Å². The molecule has 0 bridgehead atoms. The summed E-state index contributed by atoms with van der Waals surface area (Å²) in [5.41, 5.74) is -0.322. The molecule has 1 aromatic carbocycles. The van der Waals surface area contributed by atoms with Crippen LogP contribution in [0.3, 0.4) is 0 Å². The average Bonchev–Trinajstić information content (AvgIpc) is 3.39. The zero-order valence-electron chi connectivity index (χ0n) is 18.2. The third kappa shape index (κ3) is 5.66. The highest BCUT2D eigenvalue weighted by Crippen LogP contribution is 2.32. The first-order valence-corrected chi connectivity index (χ1v) is 11.0. The molecule has 8 nitrogen and oxygen atoms in total. The molecule has 180 valence electrons. The topological polar surface area (TPSA) is 91.5 Å². The number of benzene rings is 1. The third-order valence-electron chi connectivity index (χ3n) is 6.08. The highest BCUT2D eigenvalue weighted by molar-refractivity contribution is 5.92. The number of rotatable bonds is 8. The van der Waals surface area contributed by atoms with E-state index in [-0.39, 0.29) is 35.8 Å². The minimum Gasteiger partial charge on any atom is -0.381 e. The highest BCUT2D eigenvalue weighted by atomic mass is 19.4. The van der Waals surface area contributed by atoms with Crippen LogP contribution in [0.1, 0.15) is 18.4 Å². The van der Waals surface area contributed by atoms with E-state index in [1.807, 2.05) is 0 Å². The van der Waals surface area contributed by atoms with Crippen molar-refractivity contribution >= 4 is 22.6 Å². The number of hydrogen-bond acceptors (Lipinski definition) is 6. The second-order valence-electron chi connectivity index (χ2n) is 8.32. The smallest absolute Gasteiger partial charge is 0.381 e. The number of nitrogens with zero attached hydrogens (tertiary/aromatic N) is 2. The van der Waals surface area contributed by atoms with Gasteiger partial charge in [0.05, 0.1) is 36.4 Å². The van der Waals surface area contributed by atoms with Crippen LogP contribution in [0.4, 0.5) is 19.0 Å². The van der Waals surface area contributed by atoms with Gasteiger partial charge in [-0.2, -0.15) is 18.3 Å². The Morgan fingerprint density at radius 1 is 1.33 bits per heavy atom. The van der Waals surface area contributed by atoms with E-state index in [2.05, 4.69) is 32.3 Å². The number of aromatic nitrogens is 2. The molecule has 33 heavy (non-hydrogen) atoms. The molecule has 2 aliphatic heterocycles. The van der Waals surface area contributed by atoms with Crippen LogP contribution in [0.25, 0.3) is 10.9 Å².